The zero-order chi connectivity index (χ0) is 7.19. The topological polar surface area (TPSA) is 47.7 Å². The smallest absolute Gasteiger partial charge is 0.286 e. The van der Waals surface area contributed by atoms with Gasteiger partial charge in [-0.2, -0.15) is 0 Å². The SMILES string of the molecule is CC1(n2c[n+](N)cn2)CC1.[Br-]. The Labute approximate surface area is 75.7 Å². The molecule has 0 amide bonds. The molecule has 1 fully saturated rings. The van der Waals surface area contributed by atoms with E-state index in [4.69, 9.17) is 5.84 Å². The summed E-state index contributed by atoms with van der Waals surface area (Å²) in [5, 5.41) is 4.10. The van der Waals surface area contributed by atoms with E-state index in [1.165, 1.54) is 17.5 Å². The molecule has 1 aliphatic rings. The van der Waals surface area contributed by atoms with E-state index < -0.39 is 0 Å². The largest absolute Gasteiger partial charge is 1.00 e. The maximum atomic E-state index is 5.44. The average Bonchev–Trinajstić information content (AvgIpc) is 2.45. The van der Waals surface area contributed by atoms with E-state index >= 15 is 0 Å². The van der Waals surface area contributed by atoms with Crippen molar-refractivity contribution in [1.29, 1.82) is 0 Å². The quantitative estimate of drug-likeness (QED) is 0.392. The monoisotopic (exact) mass is 218 g/mol. The number of nitrogen functional groups attached to an aromatic ring is 1. The summed E-state index contributed by atoms with van der Waals surface area (Å²) < 4.78 is 3.40. The molecule has 0 aromatic carbocycles. The summed E-state index contributed by atoms with van der Waals surface area (Å²) in [7, 11) is 0. The molecule has 1 aromatic rings. The minimum absolute atomic E-state index is 0. The first kappa shape index (κ1) is 8.52. The Kier molecular flexibility index (Phi) is 1.92. The number of hydrogen-bond donors (Lipinski definition) is 1. The molecule has 2 rings (SSSR count). The molecule has 4 nitrogen and oxygen atoms in total. The van der Waals surface area contributed by atoms with Crippen molar-refractivity contribution in [1.82, 2.24) is 9.78 Å². The second-order valence-electron chi connectivity index (χ2n) is 3.14. The van der Waals surface area contributed by atoms with Crippen molar-refractivity contribution in [3.05, 3.63) is 12.7 Å². The minimum Gasteiger partial charge on any atom is -1.00 e. The average molecular weight is 219 g/mol. The van der Waals surface area contributed by atoms with Crippen LogP contribution in [0.1, 0.15) is 19.8 Å². The zero-order valence-corrected chi connectivity index (χ0v) is 7.95. The zero-order valence-electron chi connectivity index (χ0n) is 6.37. The highest BCUT2D eigenvalue weighted by atomic mass is 79.9. The van der Waals surface area contributed by atoms with Crippen LogP contribution in [0.2, 0.25) is 0 Å². The summed E-state index contributed by atoms with van der Waals surface area (Å²) >= 11 is 0. The summed E-state index contributed by atoms with van der Waals surface area (Å²) in [4.78, 5) is 0. The van der Waals surface area contributed by atoms with Crippen molar-refractivity contribution < 1.29 is 21.7 Å². The molecule has 11 heavy (non-hydrogen) atoms. The number of rotatable bonds is 1. The Morgan fingerprint density at radius 2 is 2.27 bits per heavy atom. The van der Waals surface area contributed by atoms with Gasteiger partial charge in [0.1, 0.15) is 5.54 Å². The van der Waals surface area contributed by atoms with Crippen LogP contribution in [-0.4, -0.2) is 9.78 Å². The van der Waals surface area contributed by atoms with E-state index in [1.807, 2.05) is 11.0 Å². The molecule has 1 aliphatic carbocycles. The fraction of sp³-hybridized carbons (Fsp3) is 0.667. The Morgan fingerprint density at radius 1 is 1.64 bits per heavy atom. The lowest BCUT2D eigenvalue weighted by atomic mass is 10.3. The van der Waals surface area contributed by atoms with Gasteiger partial charge in [-0.3, -0.25) is 5.84 Å². The first-order valence-electron chi connectivity index (χ1n) is 3.42. The second kappa shape index (κ2) is 2.48. The van der Waals surface area contributed by atoms with Crippen LogP contribution < -0.4 is 27.5 Å². The third-order valence-electron chi connectivity index (χ3n) is 2.08. The van der Waals surface area contributed by atoms with Gasteiger partial charge in [0.2, 0.25) is 6.33 Å². The molecule has 1 saturated carbocycles. The molecule has 1 heterocycles. The first-order valence-corrected chi connectivity index (χ1v) is 3.42. The van der Waals surface area contributed by atoms with Crippen molar-refractivity contribution in [3.63, 3.8) is 0 Å². The highest BCUT2D eigenvalue weighted by molar-refractivity contribution is 4.93. The predicted molar refractivity (Wildman–Crippen MR) is 35.5 cm³/mol. The second-order valence-corrected chi connectivity index (χ2v) is 3.14. The van der Waals surface area contributed by atoms with Gasteiger partial charge in [-0.05, 0) is 19.8 Å². The lowest BCUT2D eigenvalue weighted by Gasteiger charge is -1.96. The van der Waals surface area contributed by atoms with Gasteiger partial charge in [0, 0.05) is 5.10 Å². The van der Waals surface area contributed by atoms with Gasteiger partial charge in [0.05, 0.1) is 0 Å². The first-order chi connectivity index (χ1) is 4.71. The van der Waals surface area contributed by atoms with Gasteiger partial charge in [0.15, 0.2) is 0 Å². The predicted octanol–water partition coefficient (Wildman–Crippen LogP) is -3.60. The molecule has 62 valence electrons. The standard InChI is InChI=1S/C6H11N4.BrH/c1-6(2-3-6)10-5-9(7)4-8-10;/h4-5H,2-3,7H2,1H3;1H/q+1;/p-1. The fourth-order valence-corrected chi connectivity index (χ4v) is 0.990. The lowest BCUT2D eigenvalue weighted by Crippen LogP contribution is -3.00. The maximum absolute atomic E-state index is 5.44. The lowest BCUT2D eigenvalue weighted by molar-refractivity contribution is -0.639. The summed E-state index contributed by atoms with van der Waals surface area (Å²) in [6, 6.07) is 0. The highest BCUT2D eigenvalue weighted by Crippen LogP contribution is 2.41. The van der Waals surface area contributed by atoms with Crippen molar-refractivity contribution >= 4 is 0 Å². The maximum Gasteiger partial charge on any atom is 0.286 e. The van der Waals surface area contributed by atoms with Crippen LogP contribution in [0.3, 0.4) is 0 Å². The van der Waals surface area contributed by atoms with Gasteiger partial charge < -0.3 is 17.0 Å². The summed E-state index contributed by atoms with van der Waals surface area (Å²) in [5.74, 6) is 5.44. The van der Waals surface area contributed by atoms with Crippen LogP contribution in [0.15, 0.2) is 12.7 Å². The van der Waals surface area contributed by atoms with Gasteiger partial charge in [0.25, 0.3) is 6.33 Å². The number of halogens is 1. The Morgan fingerprint density at radius 3 is 2.64 bits per heavy atom. The summed E-state index contributed by atoms with van der Waals surface area (Å²) in [5.41, 5.74) is 0.268. The normalized spacial score (nSPS) is 19.0. The summed E-state index contributed by atoms with van der Waals surface area (Å²) in [6.45, 7) is 2.18. The van der Waals surface area contributed by atoms with E-state index in [0.717, 1.165) is 0 Å². The molecule has 5 heteroatoms. The minimum atomic E-state index is 0. The Balaban J connectivity index is 0.000000605. The molecule has 0 unspecified atom stereocenters. The van der Waals surface area contributed by atoms with E-state index in [9.17, 15) is 0 Å². The molecule has 2 N–H and O–H groups in total. The number of aromatic nitrogens is 3. The number of nitrogens with zero attached hydrogens (tertiary/aromatic N) is 3. The molecule has 0 atom stereocenters. The van der Waals surface area contributed by atoms with Crippen molar-refractivity contribution in [2.45, 2.75) is 25.3 Å². The summed E-state index contributed by atoms with van der Waals surface area (Å²) in [6.07, 6.45) is 5.86. The van der Waals surface area contributed by atoms with Gasteiger partial charge >= 0.3 is 0 Å². The third kappa shape index (κ3) is 1.38. The Bertz CT molecular complexity index is 253. The van der Waals surface area contributed by atoms with Crippen LogP contribution in [0.25, 0.3) is 0 Å². The van der Waals surface area contributed by atoms with Crippen LogP contribution in [0, 0.1) is 0 Å². The van der Waals surface area contributed by atoms with Crippen molar-refractivity contribution in [2.75, 3.05) is 5.84 Å². The van der Waals surface area contributed by atoms with E-state index in [0.29, 0.717) is 0 Å². The molecule has 1 aromatic heterocycles. The molecule has 0 spiro atoms. The third-order valence-corrected chi connectivity index (χ3v) is 2.08. The van der Waals surface area contributed by atoms with Gasteiger partial charge in [-0.25, -0.2) is 0 Å². The van der Waals surface area contributed by atoms with Crippen molar-refractivity contribution in [3.8, 4) is 0 Å². The van der Waals surface area contributed by atoms with Crippen LogP contribution in [0.4, 0.5) is 0 Å². The molecular weight excluding hydrogens is 208 g/mol. The molecule has 0 bridgehead atoms. The molecule has 0 radical (unpaired) electrons. The van der Waals surface area contributed by atoms with E-state index in [1.54, 1.807) is 6.33 Å². The van der Waals surface area contributed by atoms with Gasteiger partial charge in [-0.15, -0.1) is 9.36 Å². The highest BCUT2D eigenvalue weighted by Gasteiger charge is 2.45. The van der Waals surface area contributed by atoms with E-state index in [-0.39, 0.29) is 22.5 Å². The van der Waals surface area contributed by atoms with Gasteiger partial charge in [-0.1, -0.05) is 0 Å². The molecule has 0 aliphatic heterocycles. The number of nitrogens with two attached hydrogens (primary N) is 1. The van der Waals surface area contributed by atoms with Crippen molar-refractivity contribution in [2.24, 2.45) is 0 Å². The van der Waals surface area contributed by atoms with Crippen LogP contribution in [-0.2, 0) is 5.54 Å². The Hall–Kier alpha value is -0.580. The van der Waals surface area contributed by atoms with Crippen LogP contribution in [0.5, 0.6) is 0 Å². The van der Waals surface area contributed by atoms with Crippen LogP contribution >= 0.6 is 0 Å². The van der Waals surface area contributed by atoms with E-state index in [2.05, 4.69) is 12.0 Å². The fourth-order valence-electron chi connectivity index (χ4n) is 0.990. The molecule has 0 saturated heterocycles. The molecular formula is C6H11BrN4. The number of hydrogen-bond acceptors (Lipinski definition) is 2.